The van der Waals surface area contributed by atoms with E-state index in [-0.39, 0.29) is 0 Å². The third-order valence-electron chi connectivity index (χ3n) is 3.82. The van der Waals surface area contributed by atoms with Gasteiger partial charge in [-0.05, 0) is 39.4 Å². The zero-order valence-corrected chi connectivity index (χ0v) is 12.5. The minimum absolute atomic E-state index is 0.364. The van der Waals surface area contributed by atoms with Crippen molar-refractivity contribution in [2.24, 2.45) is 5.92 Å². The number of likely N-dealkylation sites (N-methyl/N-ethyl adjacent to an activating group) is 1. The number of nitrogens with zero attached hydrogens (tertiary/aromatic N) is 3. The van der Waals surface area contributed by atoms with Gasteiger partial charge in [-0.3, -0.25) is 4.68 Å². The van der Waals surface area contributed by atoms with Crippen LogP contribution in [0, 0.1) is 5.92 Å². The van der Waals surface area contributed by atoms with Crippen LogP contribution in [0.15, 0.2) is 6.20 Å². The fraction of sp³-hybridized carbons (Fsp3) is 0.786. The largest absolute Gasteiger partial charge is 0.493 e. The van der Waals surface area contributed by atoms with E-state index in [1.165, 1.54) is 12.1 Å². The number of hydrogen-bond donors (Lipinski definition) is 1. The molecule has 0 saturated carbocycles. The summed E-state index contributed by atoms with van der Waals surface area (Å²) in [6, 6.07) is 0.364. The van der Waals surface area contributed by atoms with Crippen LogP contribution in [0.2, 0.25) is 0 Å². The standard InChI is InChI=1S/C14H26N4O/c1-11-5-6-15-12(9-11)14-13(19-4)10-16-18(14)8-7-17(2)3/h10-12,15H,5-9H2,1-4H3. The molecule has 1 saturated heterocycles. The van der Waals surface area contributed by atoms with Crippen LogP contribution in [-0.4, -0.2) is 49.0 Å². The molecule has 108 valence electrons. The highest BCUT2D eigenvalue weighted by atomic mass is 16.5. The lowest BCUT2D eigenvalue weighted by Gasteiger charge is -2.29. The number of ether oxygens (including phenoxy) is 1. The van der Waals surface area contributed by atoms with Crippen molar-refractivity contribution in [1.82, 2.24) is 20.0 Å². The quantitative estimate of drug-likeness (QED) is 0.877. The minimum Gasteiger partial charge on any atom is -0.493 e. The zero-order valence-electron chi connectivity index (χ0n) is 12.5. The van der Waals surface area contributed by atoms with Crippen LogP contribution in [0.5, 0.6) is 5.75 Å². The highest BCUT2D eigenvalue weighted by Crippen LogP contribution is 2.32. The first kappa shape index (κ1) is 14.3. The van der Waals surface area contributed by atoms with E-state index in [9.17, 15) is 0 Å². The van der Waals surface area contributed by atoms with Gasteiger partial charge in [0.05, 0.1) is 31.6 Å². The molecule has 0 aliphatic carbocycles. The summed E-state index contributed by atoms with van der Waals surface area (Å²) < 4.78 is 7.58. The Morgan fingerprint density at radius 2 is 2.32 bits per heavy atom. The molecule has 0 radical (unpaired) electrons. The van der Waals surface area contributed by atoms with E-state index >= 15 is 0 Å². The second kappa shape index (κ2) is 6.39. The molecule has 5 heteroatoms. The van der Waals surface area contributed by atoms with Crippen molar-refractivity contribution in [2.45, 2.75) is 32.4 Å². The second-order valence-corrected chi connectivity index (χ2v) is 5.76. The van der Waals surface area contributed by atoms with E-state index in [1.807, 2.05) is 6.20 Å². The number of piperidine rings is 1. The predicted molar refractivity (Wildman–Crippen MR) is 76.5 cm³/mol. The Kier molecular flexibility index (Phi) is 4.82. The van der Waals surface area contributed by atoms with Gasteiger partial charge in [0.25, 0.3) is 0 Å². The summed E-state index contributed by atoms with van der Waals surface area (Å²) in [6.07, 6.45) is 4.25. The third kappa shape index (κ3) is 3.48. The van der Waals surface area contributed by atoms with Gasteiger partial charge in [-0.25, -0.2) is 0 Å². The van der Waals surface area contributed by atoms with Gasteiger partial charge in [0.2, 0.25) is 0 Å². The van der Waals surface area contributed by atoms with Crippen molar-refractivity contribution in [3.63, 3.8) is 0 Å². The minimum atomic E-state index is 0.364. The number of hydrogen-bond acceptors (Lipinski definition) is 4. The van der Waals surface area contributed by atoms with Crippen molar-refractivity contribution in [1.29, 1.82) is 0 Å². The monoisotopic (exact) mass is 266 g/mol. The molecule has 2 unspecified atom stereocenters. The summed E-state index contributed by atoms with van der Waals surface area (Å²) in [4.78, 5) is 2.18. The highest BCUT2D eigenvalue weighted by Gasteiger charge is 2.26. The number of rotatable bonds is 5. The predicted octanol–water partition coefficient (Wildman–Crippen LogP) is 1.51. The van der Waals surface area contributed by atoms with Crippen LogP contribution in [0.3, 0.4) is 0 Å². The Balaban J connectivity index is 2.17. The molecule has 0 bridgehead atoms. The zero-order chi connectivity index (χ0) is 13.8. The number of nitrogens with one attached hydrogen (secondary N) is 1. The molecular weight excluding hydrogens is 240 g/mol. The highest BCUT2D eigenvalue weighted by molar-refractivity contribution is 5.28. The van der Waals surface area contributed by atoms with Gasteiger partial charge in [-0.15, -0.1) is 0 Å². The average molecular weight is 266 g/mol. The van der Waals surface area contributed by atoms with Crippen molar-refractivity contribution < 1.29 is 4.74 Å². The van der Waals surface area contributed by atoms with E-state index in [0.717, 1.165) is 37.7 Å². The fourth-order valence-electron chi connectivity index (χ4n) is 2.68. The average Bonchev–Trinajstić information content (AvgIpc) is 2.79. The second-order valence-electron chi connectivity index (χ2n) is 5.76. The summed E-state index contributed by atoms with van der Waals surface area (Å²) in [5.74, 6) is 1.67. The summed E-state index contributed by atoms with van der Waals surface area (Å²) in [6.45, 7) is 5.28. The van der Waals surface area contributed by atoms with E-state index in [0.29, 0.717) is 6.04 Å². The molecule has 0 amide bonds. The molecule has 1 aromatic rings. The van der Waals surface area contributed by atoms with Crippen LogP contribution in [0.1, 0.15) is 31.5 Å². The van der Waals surface area contributed by atoms with Gasteiger partial charge in [-0.1, -0.05) is 6.92 Å². The smallest absolute Gasteiger partial charge is 0.161 e. The van der Waals surface area contributed by atoms with Gasteiger partial charge in [0.15, 0.2) is 5.75 Å². The molecule has 2 heterocycles. The lowest BCUT2D eigenvalue weighted by atomic mass is 9.92. The summed E-state index contributed by atoms with van der Waals surface area (Å²) in [5.41, 5.74) is 1.20. The van der Waals surface area contributed by atoms with Gasteiger partial charge in [0, 0.05) is 6.54 Å². The first-order valence-corrected chi connectivity index (χ1v) is 7.09. The topological polar surface area (TPSA) is 42.3 Å². The maximum absolute atomic E-state index is 5.48. The van der Waals surface area contributed by atoms with Crippen LogP contribution in [0.25, 0.3) is 0 Å². The van der Waals surface area contributed by atoms with Crippen LogP contribution < -0.4 is 10.1 Å². The van der Waals surface area contributed by atoms with E-state index in [4.69, 9.17) is 4.74 Å². The van der Waals surface area contributed by atoms with Crippen LogP contribution in [-0.2, 0) is 6.54 Å². The molecule has 1 aromatic heterocycles. The first-order chi connectivity index (χ1) is 9.11. The molecule has 1 aliphatic heterocycles. The third-order valence-corrected chi connectivity index (χ3v) is 3.82. The fourth-order valence-corrected chi connectivity index (χ4v) is 2.68. The van der Waals surface area contributed by atoms with Gasteiger partial charge in [0.1, 0.15) is 0 Å². The Morgan fingerprint density at radius 1 is 1.53 bits per heavy atom. The maximum atomic E-state index is 5.48. The normalized spacial score (nSPS) is 23.8. The molecule has 19 heavy (non-hydrogen) atoms. The first-order valence-electron chi connectivity index (χ1n) is 7.09. The van der Waals surface area contributed by atoms with Gasteiger partial charge < -0.3 is 15.0 Å². The lowest BCUT2D eigenvalue weighted by molar-refractivity contribution is 0.294. The SMILES string of the molecule is COc1cnn(CCN(C)C)c1C1CC(C)CCN1. The Labute approximate surface area is 115 Å². The molecule has 0 aromatic carbocycles. The summed E-state index contributed by atoms with van der Waals surface area (Å²) in [7, 11) is 5.89. The molecule has 1 aliphatic rings. The molecule has 2 atom stereocenters. The van der Waals surface area contributed by atoms with Crippen LogP contribution >= 0.6 is 0 Å². The van der Waals surface area contributed by atoms with Crippen molar-refractivity contribution in [3.05, 3.63) is 11.9 Å². The Hall–Kier alpha value is -1.07. The Bertz CT molecular complexity index is 402. The number of aromatic nitrogens is 2. The number of methoxy groups -OCH3 is 1. The maximum Gasteiger partial charge on any atom is 0.161 e. The molecule has 1 N–H and O–H groups in total. The lowest BCUT2D eigenvalue weighted by Crippen LogP contribution is -2.33. The molecule has 0 spiro atoms. The van der Waals surface area contributed by atoms with Gasteiger partial charge in [-0.2, -0.15) is 5.10 Å². The van der Waals surface area contributed by atoms with Gasteiger partial charge >= 0.3 is 0 Å². The van der Waals surface area contributed by atoms with E-state index in [2.05, 4.69) is 41.0 Å². The summed E-state index contributed by atoms with van der Waals surface area (Å²) in [5, 5.41) is 8.08. The molecule has 5 nitrogen and oxygen atoms in total. The van der Waals surface area contributed by atoms with Crippen molar-refractivity contribution >= 4 is 0 Å². The van der Waals surface area contributed by atoms with Crippen LogP contribution in [0.4, 0.5) is 0 Å². The van der Waals surface area contributed by atoms with Crippen molar-refractivity contribution in [2.75, 3.05) is 34.3 Å². The molecular formula is C14H26N4O. The van der Waals surface area contributed by atoms with E-state index < -0.39 is 0 Å². The molecule has 1 fully saturated rings. The molecule has 2 rings (SSSR count). The summed E-state index contributed by atoms with van der Waals surface area (Å²) >= 11 is 0. The Morgan fingerprint density at radius 3 is 2.95 bits per heavy atom. The van der Waals surface area contributed by atoms with E-state index in [1.54, 1.807) is 7.11 Å². The van der Waals surface area contributed by atoms with Crippen molar-refractivity contribution in [3.8, 4) is 5.75 Å².